The third-order valence-corrected chi connectivity index (χ3v) is 3.58. The predicted octanol–water partition coefficient (Wildman–Crippen LogP) is 2.07. The van der Waals surface area contributed by atoms with E-state index in [-0.39, 0.29) is 5.91 Å². The van der Waals surface area contributed by atoms with Crippen LogP contribution in [0.1, 0.15) is 32.1 Å². The highest BCUT2D eigenvalue weighted by Crippen LogP contribution is 2.29. The van der Waals surface area contributed by atoms with Crippen LogP contribution in [0.2, 0.25) is 0 Å². The summed E-state index contributed by atoms with van der Waals surface area (Å²) in [5.74, 6) is 1.21. The molecule has 1 amide bonds. The Balaban J connectivity index is 2.05. The molecule has 0 unspecified atom stereocenters. The van der Waals surface area contributed by atoms with E-state index in [4.69, 9.17) is 4.74 Å². The molecule has 0 aromatic carbocycles. The number of carbonyl (C=O) groups is 1. The second-order valence-electron chi connectivity index (χ2n) is 5.39. The zero-order valence-electron chi connectivity index (χ0n) is 12.3. The van der Waals surface area contributed by atoms with E-state index in [0.717, 1.165) is 12.8 Å². The predicted molar refractivity (Wildman–Crippen MR) is 78.1 cm³/mol. The van der Waals surface area contributed by atoms with Crippen LogP contribution in [0.4, 0.5) is 11.5 Å². The normalized spacial score (nSPS) is 15.2. The van der Waals surface area contributed by atoms with Gasteiger partial charge >= 0.3 is 6.01 Å². The Kier molecular flexibility index (Phi) is 4.76. The van der Waals surface area contributed by atoms with Gasteiger partial charge in [-0.05, 0) is 18.8 Å². The van der Waals surface area contributed by atoms with Gasteiger partial charge in [-0.1, -0.05) is 12.8 Å². The highest BCUT2D eigenvalue weighted by atomic mass is 16.5. The van der Waals surface area contributed by atoms with Crippen LogP contribution in [0.5, 0.6) is 6.01 Å². The lowest BCUT2D eigenvalue weighted by Gasteiger charge is -2.17. The molecule has 6 nitrogen and oxygen atoms in total. The summed E-state index contributed by atoms with van der Waals surface area (Å²) in [6.07, 6.45) is 6.98. The number of amides is 1. The fourth-order valence-electron chi connectivity index (χ4n) is 2.56. The molecular formula is C14H22N4O2. The van der Waals surface area contributed by atoms with E-state index in [1.54, 1.807) is 6.20 Å². The molecule has 1 saturated carbocycles. The van der Waals surface area contributed by atoms with Crippen molar-refractivity contribution in [3.8, 4) is 6.01 Å². The van der Waals surface area contributed by atoms with Crippen molar-refractivity contribution in [2.45, 2.75) is 32.1 Å². The molecule has 1 aliphatic carbocycles. The lowest BCUT2D eigenvalue weighted by atomic mass is 10.0. The Morgan fingerprint density at radius 3 is 2.75 bits per heavy atom. The first-order chi connectivity index (χ1) is 9.60. The van der Waals surface area contributed by atoms with Crippen LogP contribution in [0, 0.1) is 5.92 Å². The molecule has 1 aromatic rings. The smallest absolute Gasteiger partial charge is 0.318 e. The Morgan fingerprint density at radius 2 is 2.15 bits per heavy atom. The van der Waals surface area contributed by atoms with Gasteiger partial charge in [0.1, 0.15) is 5.69 Å². The highest BCUT2D eigenvalue weighted by Gasteiger charge is 2.19. The van der Waals surface area contributed by atoms with Crippen LogP contribution >= 0.6 is 0 Å². The van der Waals surface area contributed by atoms with E-state index in [2.05, 4.69) is 15.3 Å². The maximum Gasteiger partial charge on any atom is 0.318 e. The van der Waals surface area contributed by atoms with Gasteiger partial charge in [-0.2, -0.15) is 4.98 Å². The van der Waals surface area contributed by atoms with Crippen molar-refractivity contribution >= 4 is 17.4 Å². The lowest BCUT2D eigenvalue weighted by molar-refractivity contribution is -0.117. The maximum absolute atomic E-state index is 12.1. The van der Waals surface area contributed by atoms with Gasteiger partial charge in [0.05, 0.1) is 13.3 Å². The molecule has 6 heteroatoms. The number of carbonyl (C=O) groups excluding carboxylic acids is 1. The number of anilines is 2. The fourth-order valence-corrected chi connectivity index (χ4v) is 2.56. The van der Waals surface area contributed by atoms with Gasteiger partial charge in [0.25, 0.3) is 0 Å². The van der Waals surface area contributed by atoms with Crippen LogP contribution in [-0.2, 0) is 4.79 Å². The Bertz CT molecular complexity index is 470. The first-order valence-electron chi connectivity index (χ1n) is 6.98. The van der Waals surface area contributed by atoms with Crippen LogP contribution in [-0.4, -0.2) is 37.1 Å². The number of rotatable bonds is 5. The van der Waals surface area contributed by atoms with Gasteiger partial charge in [0, 0.05) is 20.5 Å². The summed E-state index contributed by atoms with van der Waals surface area (Å²) in [7, 11) is 5.26. The zero-order valence-corrected chi connectivity index (χ0v) is 12.3. The molecule has 0 saturated heterocycles. The van der Waals surface area contributed by atoms with E-state index in [0.29, 0.717) is 29.9 Å². The van der Waals surface area contributed by atoms with Gasteiger partial charge in [-0.3, -0.25) is 4.79 Å². The minimum atomic E-state index is 0.0359. The average molecular weight is 278 g/mol. The number of aromatic nitrogens is 2. The molecule has 0 atom stereocenters. The number of nitrogens with one attached hydrogen (secondary N) is 1. The van der Waals surface area contributed by atoms with E-state index < -0.39 is 0 Å². The lowest BCUT2D eigenvalue weighted by Crippen LogP contribution is -2.20. The SMILES string of the molecule is COc1ncc(NC(=O)CC2CCCC2)c(N(C)C)n1. The fraction of sp³-hybridized carbons (Fsp3) is 0.643. The first-order valence-corrected chi connectivity index (χ1v) is 6.98. The van der Waals surface area contributed by atoms with Gasteiger partial charge in [-0.15, -0.1) is 0 Å². The number of hydrogen-bond donors (Lipinski definition) is 1. The molecule has 20 heavy (non-hydrogen) atoms. The van der Waals surface area contributed by atoms with Crippen molar-refractivity contribution in [1.82, 2.24) is 9.97 Å². The second-order valence-corrected chi connectivity index (χ2v) is 5.39. The quantitative estimate of drug-likeness (QED) is 0.893. The van der Waals surface area contributed by atoms with E-state index in [1.165, 1.54) is 20.0 Å². The van der Waals surface area contributed by atoms with Gasteiger partial charge in [-0.25, -0.2) is 4.98 Å². The minimum Gasteiger partial charge on any atom is -0.467 e. The Hall–Kier alpha value is -1.85. The van der Waals surface area contributed by atoms with Crippen molar-refractivity contribution in [1.29, 1.82) is 0 Å². The summed E-state index contributed by atoms with van der Waals surface area (Å²) in [5, 5.41) is 2.91. The minimum absolute atomic E-state index is 0.0359. The van der Waals surface area contributed by atoms with Crippen LogP contribution < -0.4 is 15.0 Å². The largest absolute Gasteiger partial charge is 0.467 e. The average Bonchev–Trinajstić information content (AvgIpc) is 2.91. The molecule has 0 aliphatic heterocycles. The Labute approximate surface area is 119 Å². The van der Waals surface area contributed by atoms with E-state index >= 15 is 0 Å². The summed E-state index contributed by atoms with van der Waals surface area (Å²) in [6, 6.07) is 0.294. The number of ether oxygens (including phenoxy) is 1. The topological polar surface area (TPSA) is 67.3 Å². The molecule has 1 aliphatic rings. The number of nitrogens with zero attached hydrogens (tertiary/aromatic N) is 3. The van der Waals surface area contributed by atoms with Gasteiger partial charge < -0.3 is 15.0 Å². The molecule has 1 aromatic heterocycles. The molecule has 1 heterocycles. The van der Waals surface area contributed by atoms with Crippen molar-refractivity contribution in [2.75, 3.05) is 31.4 Å². The molecule has 0 radical (unpaired) electrons. The van der Waals surface area contributed by atoms with Crippen molar-refractivity contribution < 1.29 is 9.53 Å². The van der Waals surface area contributed by atoms with Crippen molar-refractivity contribution in [3.63, 3.8) is 0 Å². The van der Waals surface area contributed by atoms with Crippen LogP contribution in [0.25, 0.3) is 0 Å². The van der Waals surface area contributed by atoms with E-state index in [9.17, 15) is 4.79 Å². The maximum atomic E-state index is 12.1. The second kappa shape index (κ2) is 6.54. The van der Waals surface area contributed by atoms with Gasteiger partial charge in [0.2, 0.25) is 5.91 Å². The summed E-state index contributed by atoms with van der Waals surface area (Å²) >= 11 is 0. The molecule has 1 N–H and O–H groups in total. The highest BCUT2D eigenvalue weighted by molar-refractivity contribution is 5.93. The molecule has 0 spiro atoms. The summed E-state index contributed by atoms with van der Waals surface area (Å²) in [5.41, 5.74) is 0.624. The molecular weight excluding hydrogens is 256 g/mol. The zero-order chi connectivity index (χ0) is 14.5. The van der Waals surface area contributed by atoms with Crippen molar-refractivity contribution in [3.05, 3.63) is 6.20 Å². The monoisotopic (exact) mass is 278 g/mol. The van der Waals surface area contributed by atoms with E-state index in [1.807, 2.05) is 19.0 Å². The summed E-state index contributed by atoms with van der Waals surface area (Å²) in [6.45, 7) is 0. The molecule has 110 valence electrons. The standard InChI is InChI=1S/C14H22N4O2/c1-18(2)13-11(9-15-14(17-13)20-3)16-12(19)8-10-6-4-5-7-10/h9-10H,4-8H2,1-3H3,(H,16,19). The van der Waals surface area contributed by atoms with Crippen LogP contribution in [0.15, 0.2) is 6.20 Å². The summed E-state index contributed by atoms with van der Waals surface area (Å²) < 4.78 is 5.01. The van der Waals surface area contributed by atoms with Crippen LogP contribution in [0.3, 0.4) is 0 Å². The third-order valence-electron chi connectivity index (χ3n) is 3.58. The summed E-state index contributed by atoms with van der Waals surface area (Å²) in [4.78, 5) is 22.2. The molecule has 0 bridgehead atoms. The first kappa shape index (κ1) is 14.6. The third kappa shape index (κ3) is 3.59. The number of hydrogen-bond acceptors (Lipinski definition) is 5. The number of methoxy groups -OCH3 is 1. The Morgan fingerprint density at radius 1 is 1.45 bits per heavy atom. The molecule has 2 rings (SSSR count). The van der Waals surface area contributed by atoms with Gasteiger partial charge in [0.15, 0.2) is 5.82 Å². The van der Waals surface area contributed by atoms with Crippen molar-refractivity contribution in [2.24, 2.45) is 5.92 Å². The molecule has 1 fully saturated rings.